The molecule has 2 heterocycles. The van der Waals surface area contributed by atoms with E-state index in [4.69, 9.17) is 4.74 Å². The highest BCUT2D eigenvalue weighted by atomic mass is 16.5. The Hall–Kier alpha value is -0.650. The Balaban J connectivity index is 1.71. The van der Waals surface area contributed by atoms with Crippen LogP contribution in [-0.2, 0) is 9.53 Å². The molecule has 3 rings (SSSR count). The highest BCUT2D eigenvalue weighted by Crippen LogP contribution is 2.36. The van der Waals surface area contributed by atoms with Gasteiger partial charge in [-0.15, -0.1) is 0 Å². The van der Waals surface area contributed by atoms with Crippen molar-refractivity contribution in [3.63, 3.8) is 0 Å². The van der Waals surface area contributed by atoms with Crippen molar-refractivity contribution in [2.45, 2.75) is 75.5 Å². The molecule has 2 aliphatic heterocycles. The molecule has 0 aromatic rings. The number of rotatable bonds is 3. The molecule has 0 radical (unpaired) electrons. The number of aliphatic hydroxyl groups is 1. The number of hydrogen-bond acceptors (Lipinski definition) is 4. The monoisotopic (exact) mass is 310 g/mol. The topological polar surface area (TPSA) is 61.8 Å². The van der Waals surface area contributed by atoms with Gasteiger partial charge in [-0.25, -0.2) is 0 Å². The average Bonchev–Trinajstić information content (AvgIpc) is 2.58. The lowest BCUT2D eigenvalue weighted by atomic mass is 9.78. The Kier molecular flexibility index (Phi) is 5.37. The minimum Gasteiger partial charge on any atom is -0.391 e. The van der Waals surface area contributed by atoms with Crippen molar-refractivity contribution in [3.05, 3.63) is 0 Å². The third-order valence-corrected chi connectivity index (χ3v) is 5.70. The first-order chi connectivity index (χ1) is 10.7. The van der Waals surface area contributed by atoms with Crippen molar-refractivity contribution in [1.82, 2.24) is 10.2 Å². The first kappa shape index (κ1) is 16.2. The molecule has 3 fully saturated rings. The van der Waals surface area contributed by atoms with Crippen molar-refractivity contribution in [1.29, 1.82) is 0 Å². The summed E-state index contributed by atoms with van der Waals surface area (Å²) in [6.07, 6.45) is 9.24. The van der Waals surface area contributed by atoms with E-state index in [1.165, 1.54) is 25.7 Å². The lowest BCUT2D eigenvalue weighted by Crippen LogP contribution is -2.64. The van der Waals surface area contributed by atoms with Gasteiger partial charge < -0.3 is 15.2 Å². The zero-order valence-corrected chi connectivity index (χ0v) is 13.6. The van der Waals surface area contributed by atoms with Crippen LogP contribution in [0, 0.1) is 0 Å². The van der Waals surface area contributed by atoms with E-state index in [9.17, 15) is 9.90 Å². The normalized spacial score (nSPS) is 33.3. The van der Waals surface area contributed by atoms with Gasteiger partial charge in [0.25, 0.3) is 0 Å². The number of ether oxygens (including phenoxy) is 1. The Labute approximate surface area is 133 Å². The maximum absolute atomic E-state index is 13.1. The van der Waals surface area contributed by atoms with Gasteiger partial charge in [0.2, 0.25) is 5.91 Å². The number of carbonyl (C=O) groups is 1. The predicted octanol–water partition coefficient (Wildman–Crippen LogP) is 1.44. The lowest BCUT2D eigenvalue weighted by Gasteiger charge is -2.47. The lowest BCUT2D eigenvalue weighted by molar-refractivity contribution is -0.140. The minimum absolute atomic E-state index is 0.128. The van der Waals surface area contributed by atoms with E-state index in [-0.39, 0.29) is 17.5 Å². The third kappa shape index (κ3) is 3.31. The van der Waals surface area contributed by atoms with Gasteiger partial charge in [-0.05, 0) is 45.2 Å². The number of piperidine rings is 1. The summed E-state index contributed by atoms with van der Waals surface area (Å²) in [5.74, 6) is 0.128. The van der Waals surface area contributed by atoms with Crippen LogP contribution in [0.25, 0.3) is 0 Å². The number of hydrogen-bond donors (Lipinski definition) is 2. The molecule has 0 bridgehead atoms. The van der Waals surface area contributed by atoms with Gasteiger partial charge >= 0.3 is 0 Å². The van der Waals surface area contributed by atoms with Crippen LogP contribution in [0.2, 0.25) is 0 Å². The summed E-state index contributed by atoms with van der Waals surface area (Å²) in [6.45, 7) is 3.10. The van der Waals surface area contributed by atoms with Crippen LogP contribution in [0.5, 0.6) is 0 Å². The van der Waals surface area contributed by atoms with Crippen LogP contribution >= 0.6 is 0 Å². The van der Waals surface area contributed by atoms with Crippen molar-refractivity contribution < 1.29 is 14.6 Å². The molecule has 0 unspecified atom stereocenters. The second-order valence-corrected chi connectivity index (χ2v) is 7.15. The zero-order chi connectivity index (χ0) is 15.4. The second-order valence-electron chi connectivity index (χ2n) is 7.15. The predicted molar refractivity (Wildman–Crippen MR) is 84.6 cm³/mol. The summed E-state index contributed by atoms with van der Waals surface area (Å²) >= 11 is 0. The summed E-state index contributed by atoms with van der Waals surface area (Å²) in [5.41, 5.74) is -0.337. The highest BCUT2D eigenvalue weighted by molar-refractivity contribution is 5.86. The smallest absolute Gasteiger partial charge is 0.240 e. The molecule has 2 atom stereocenters. The van der Waals surface area contributed by atoms with Gasteiger partial charge in [0, 0.05) is 6.61 Å². The van der Waals surface area contributed by atoms with Gasteiger partial charge in [-0.3, -0.25) is 9.69 Å². The first-order valence-corrected chi connectivity index (χ1v) is 9.04. The summed E-state index contributed by atoms with van der Waals surface area (Å²) in [7, 11) is 0. The van der Waals surface area contributed by atoms with Gasteiger partial charge in [-0.2, -0.15) is 0 Å². The largest absolute Gasteiger partial charge is 0.391 e. The molecular weight excluding hydrogens is 280 g/mol. The SMILES string of the molecule is O=C(N[C@@H]1COCC[C@H]1O)C1(N2CCCCC2)CCCCC1. The Morgan fingerprint density at radius 2 is 1.77 bits per heavy atom. The van der Waals surface area contributed by atoms with Gasteiger partial charge in [0.05, 0.1) is 18.8 Å². The molecule has 2 N–H and O–H groups in total. The maximum Gasteiger partial charge on any atom is 0.240 e. The zero-order valence-electron chi connectivity index (χ0n) is 13.6. The van der Waals surface area contributed by atoms with Crippen molar-refractivity contribution in [3.8, 4) is 0 Å². The molecule has 0 aromatic heterocycles. The van der Waals surface area contributed by atoms with E-state index in [1.54, 1.807) is 0 Å². The van der Waals surface area contributed by atoms with E-state index < -0.39 is 6.10 Å². The number of aliphatic hydroxyl groups excluding tert-OH is 1. The summed E-state index contributed by atoms with van der Waals surface area (Å²) in [4.78, 5) is 15.5. The molecule has 22 heavy (non-hydrogen) atoms. The molecule has 126 valence electrons. The van der Waals surface area contributed by atoms with Gasteiger partial charge in [0.15, 0.2) is 0 Å². The summed E-state index contributed by atoms with van der Waals surface area (Å²) < 4.78 is 5.43. The number of carbonyl (C=O) groups excluding carboxylic acids is 1. The van der Waals surface area contributed by atoms with Crippen LogP contribution < -0.4 is 5.32 Å². The molecule has 0 spiro atoms. The van der Waals surface area contributed by atoms with Crippen molar-refractivity contribution in [2.24, 2.45) is 0 Å². The number of amides is 1. The molecule has 5 nitrogen and oxygen atoms in total. The molecule has 2 saturated heterocycles. The Morgan fingerprint density at radius 1 is 1.09 bits per heavy atom. The van der Waals surface area contributed by atoms with Gasteiger partial charge in [0.1, 0.15) is 5.54 Å². The van der Waals surface area contributed by atoms with Crippen LogP contribution in [-0.4, -0.2) is 59.9 Å². The minimum atomic E-state index is -0.473. The molecular formula is C17H30N2O3. The first-order valence-electron chi connectivity index (χ1n) is 9.04. The van der Waals surface area contributed by atoms with Crippen molar-refractivity contribution >= 4 is 5.91 Å². The maximum atomic E-state index is 13.1. The molecule has 1 aliphatic carbocycles. The quantitative estimate of drug-likeness (QED) is 0.828. The summed E-state index contributed by atoms with van der Waals surface area (Å²) in [5, 5.41) is 13.2. The van der Waals surface area contributed by atoms with Crippen LogP contribution in [0.1, 0.15) is 57.8 Å². The Morgan fingerprint density at radius 3 is 2.45 bits per heavy atom. The molecule has 1 amide bonds. The molecule has 0 aromatic carbocycles. The van der Waals surface area contributed by atoms with Gasteiger partial charge in [-0.1, -0.05) is 25.7 Å². The number of nitrogens with one attached hydrogen (secondary N) is 1. The van der Waals surface area contributed by atoms with E-state index in [2.05, 4.69) is 10.2 Å². The summed E-state index contributed by atoms with van der Waals surface area (Å²) in [6, 6.07) is -0.246. The van der Waals surface area contributed by atoms with E-state index in [0.717, 1.165) is 38.8 Å². The Bertz CT molecular complexity index is 376. The number of likely N-dealkylation sites (tertiary alicyclic amines) is 1. The van der Waals surface area contributed by atoms with Crippen LogP contribution in [0.4, 0.5) is 0 Å². The standard InChI is InChI=1S/C17H30N2O3/c20-15-7-12-22-13-14(15)18-16(21)17(8-3-1-4-9-17)19-10-5-2-6-11-19/h14-15,20H,1-13H2,(H,18,21)/t14-,15-/m1/s1. The molecule has 1 saturated carbocycles. The fraction of sp³-hybridized carbons (Fsp3) is 0.941. The van der Waals surface area contributed by atoms with E-state index >= 15 is 0 Å². The number of nitrogens with zero attached hydrogens (tertiary/aromatic N) is 1. The second kappa shape index (κ2) is 7.28. The third-order valence-electron chi connectivity index (χ3n) is 5.70. The van der Waals surface area contributed by atoms with E-state index in [0.29, 0.717) is 19.6 Å². The highest BCUT2D eigenvalue weighted by Gasteiger charge is 2.45. The molecule has 3 aliphatic rings. The average molecular weight is 310 g/mol. The van der Waals surface area contributed by atoms with Crippen LogP contribution in [0.15, 0.2) is 0 Å². The van der Waals surface area contributed by atoms with Crippen molar-refractivity contribution in [2.75, 3.05) is 26.3 Å². The van der Waals surface area contributed by atoms with Crippen LogP contribution in [0.3, 0.4) is 0 Å². The fourth-order valence-corrected chi connectivity index (χ4v) is 4.31. The fourth-order valence-electron chi connectivity index (χ4n) is 4.31. The van der Waals surface area contributed by atoms with E-state index in [1.807, 2.05) is 0 Å². The molecule has 5 heteroatoms.